The largest absolute Gasteiger partial charge is 0.490 e. The van der Waals surface area contributed by atoms with E-state index in [0.29, 0.717) is 43.7 Å². The van der Waals surface area contributed by atoms with Gasteiger partial charge in [0.25, 0.3) is 5.91 Å². The maximum absolute atomic E-state index is 13.0. The molecule has 37 heavy (non-hydrogen) atoms. The van der Waals surface area contributed by atoms with Crippen molar-refractivity contribution in [3.05, 3.63) is 78.6 Å². The van der Waals surface area contributed by atoms with Crippen LogP contribution in [0.1, 0.15) is 46.9 Å². The lowest BCUT2D eigenvalue weighted by molar-refractivity contribution is -0.112. The van der Waals surface area contributed by atoms with Gasteiger partial charge in [0.05, 0.1) is 16.6 Å². The fraction of sp³-hybridized carbons (Fsp3) is 0.250. The van der Waals surface area contributed by atoms with Crippen molar-refractivity contribution >= 4 is 55.9 Å². The second-order valence-corrected chi connectivity index (χ2v) is 10.7. The van der Waals surface area contributed by atoms with E-state index in [1.54, 1.807) is 18.2 Å². The van der Waals surface area contributed by atoms with Crippen molar-refractivity contribution in [3.63, 3.8) is 0 Å². The van der Waals surface area contributed by atoms with Gasteiger partial charge in [0.1, 0.15) is 29.3 Å². The Morgan fingerprint density at radius 2 is 2.00 bits per heavy atom. The third-order valence-corrected chi connectivity index (χ3v) is 8.01. The number of nitrogens with one attached hydrogen (secondary N) is 1. The van der Waals surface area contributed by atoms with E-state index in [2.05, 4.69) is 27.3 Å². The molecule has 0 saturated heterocycles. The molecule has 2 aromatic carbocycles. The summed E-state index contributed by atoms with van der Waals surface area (Å²) in [6.45, 7) is 2.49. The van der Waals surface area contributed by atoms with Gasteiger partial charge in [-0.15, -0.1) is 11.3 Å². The number of hydrogen-bond acceptors (Lipinski definition) is 6. The Morgan fingerprint density at radius 1 is 1.22 bits per heavy atom. The van der Waals surface area contributed by atoms with E-state index < -0.39 is 5.91 Å². The highest BCUT2D eigenvalue weighted by molar-refractivity contribution is 9.10. The Labute approximate surface area is 233 Å². The van der Waals surface area contributed by atoms with Gasteiger partial charge in [0, 0.05) is 15.5 Å². The van der Waals surface area contributed by atoms with Crippen molar-refractivity contribution in [2.24, 2.45) is 0 Å². The Balaban J connectivity index is 1.58. The number of thiophene rings is 1. The van der Waals surface area contributed by atoms with Crippen LogP contribution < -0.4 is 14.8 Å². The van der Waals surface area contributed by atoms with E-state index >= 15 is 0 Å². The highest BCUT2D eigenvalue weighted by atomic mass is 79.9. The number of anilines is 1. The molecule has 0 saturated carbocycles. The Kier molecular flexibility index (Phi) is 8.89. The molecule has 188 valence electrons. The number of ether oxygens (including phenoxy) is 2. The summed E-state index contributed by atoms with van der Waals surface area (Å²) in [5.74, 6) is 0.390. The zero-order chi connectivity index (χ0) is 26.4. The van der Waals surface area contributed by atoms with Gasteiger partial charge < -0.3 is 14.8 Å². The van der Waals surface area contributed by atoms with Gasteiger partial charge in [0.15, 0.2) is 11.5 Å². The van der Waals surface area contributed by atoms with E-state index in [1.165, 1.54) is 17.4 Å². The number of fused-ring (bicyclic) bond motifs is 1. The Hall–Kier alpha value is -3.30. The summed E-state index contributed by atoms with van der Waals surface area (Å²) in [5.41, 5.74) is 2.85. The standard InChI is InChI=1S/C28H23BrClN3O3S/c1-2-35-24-13-17(12-22(29)26(24)36-16-18-7-3-5-9-23(18)30)11-19(14-31)27(34)33-28-21(15-32)20-8-4-6-10-25(20)37-28/h3,5,7,9,11-13H,2,4,6,8,10,16H2,1H3,(H,33,34)/b19-11+. The average Bonchev–Trinajstić information content (AvgIpc) is 3.24. The van der Waals surface area contributed by atoms with Crippen LogP contribution in [0, 0.1) is 22.7 Å². The van der Waals surface area contributed by atoms with Gasteiger partial charge in [0.2, 0.25) is 0 Å². The van der Waals surface area contributed by atoms with E-state index in [9.17, 15) is 15.3 Å². The normalized spacial score (nSPS) is 12.7. The first kappa shape index (κ1) is 26.8. The molecule has 4 rings (SSSR count). The molecule has 0 aliphatic heterocycles. The van der Waals surface area contributed by atoms with Gasteiger partial charge >= 0.3 is 0 Å². The molecule has 0 radical (unpaired) electrons. The van der Waals surface area contributed by atoms with Crippen LogP contribution in [-0.2, 0) is 24.2 Å². The van der Waals surface area contributed by atoms with E-state index in [0.717, 1.165) is 41.7 Å². The van der Waals surface area contributed by atoms with Gasteiger partial charge in [-0.3, -0.25) is 4.79 Å². The lowest BCUT2D eigenvalue weighted by Crippen LogP contribution is -2.13. The number of nitriles is 2. The predicted octanol–water partition coefficient (Wildman–Crippen LogP) is 7.44. The predicted molar refractivity (Wildman–Crippen MR) is 149 cm³/mol. The van der Waals surface area contributed by atoms with Crippen molar-refractivity contribution in [3.8, 4) is 23.6 Å². The van der Waals surface area contributed by atoms with Crippen molar-refractivity contribution < 1.29 is 14.3 Å². The Morgan fingerprint density at radius 3 is 2.73 bits per heavy atom. The van der Waals surface area contributed by atoms with Crippen molar-refractivity contribution in [2.45, 2.75) is 39.2 Å². The molecule has 3 aromatic rings. The minimum Gasteiger partial charge on any atom is -0.490 e. The van der Waals surface area contributed by atoms with E-state index in [-0.39, 0.29) is 12.2 Å². The molecule has 1 amide bonds. The summed E-state index contributed by atoms with van der Waals surface area (Å²) in [7, 11) is 0. The van der Waals surface area contributed by atoms with Crippen molar-refractivity contribution in [1.82, 2.24) is 0 Å². The van der Waals surface area contributed by atoms with Gasteiger partial charge in [-0.1, -0.05) is 29.8 Å². The molecule has 1 N–H and O–H groups in total. The first-order valence-electron chi connectivity index (χ1n) is 11.8. The zero-order valence-electron chi connectivity index (χ0n) is 20.1. The SMILES string of the molecule is CCOc1cc(/C=C(\C#N)C(=O)Nc2sc3c(c2C#N)CCCC3)cc(Br)c1OCc1ccccc1Cl. The monoisotopic (exact) mass is 595 g/mol. The number of halogens is 2. The molecular formula is C28H23BrClN3O3S. The molecule has 0 spiro atoms. The number of carbonyl (C=O) groups is 1. The molecule has 0 fully saturated rings. The van der Waals surface area contributed by atoms with Gasteiger partial charge in [-0.2, -0.15) is 10.5 Å². The quantitative estimate of drug-likeness (QED) is 0.215. The van der Waals surface area contributed by atoms with E-state index in [4.69, 9.17) is 21.1 Å². The minimum atomic E-state index is -0.564. The third-order valence-electron chi connectivity index (χ3n) is 5.85. The number of aryl methyl sites for hydroxylation is 1. The summed E-state index contributed by atoms with van der Waals surface area (Å²) >= 11 is 11.2. The first-order chi connectivity index (χ1) is 17.9. The summed E-state index contributed by atoms with van der Waals surface area (Å²) in [5, 5.41) is 23.3. The van der Waals surface area contributed by atoms with Gasteiger partial charge in [-0.05, 0) is 83.9 Å². The van der Waals surface area contributed by atoms with E-state index in [1.807, 2.05) is 31.2 Å². The van der Waals surface area contributed by atoms with Crippen LogP contribution in [0.4, 0.5) is 5.00 Å². The molecule has 0 bridgehead atoms. The fourth-order valence-corrected chi connectivity index (χ4v) is 6.10. The molecule has 1 aliphatic rings. The van der Waals surface area contributed by atoms with Crippen LogP contribution in [0.5, 0.6) is 11.5 Å². The smallest absolute Gasteiger partial charge is 0.266 e. The highest BCUT2D eigenvalue weighted by Crippen LogP contribution is 2.39. The number of rotatable bonds is 8. The van der Waals surface area contributed by atoms with Crippen molar-refractivity contribution in [1.29, 1.82) is 10.5 Å². The first-order valence-corrected chi connectivity index (χ1v) is 13.7. The number of benzene rings is 2. The zero-order valence-corrected chi connectivity index (χ0v) is 23.2. The molecular weight excluding hydrogens is 574 g/mol. The maximum Gasteiger partial charge on any atom is 0.266 e. The second-order valence-electron chi connectivity index (χ2n) is 8.29. The number of carbonyl (C=O) groups excluding carboxylic acids is 1. The molecule has 1 aromatic heterocycles. The summed E-state index contributed by atoms with van der Waals surface area (Å²) < 4.78 is 12.4. The Bertz CT molecular complexity index is 1450. The molecule has 0 atom stereocenters. The number of amides is 1. The van der Waals surface area contributed by atoms with Gasteiger partial charge in [-0.25, -0.2) is 0 Å². The fourth-order valence-electron chi connectivity index (χ4n) is 4.10. The average molecular weight is 597 g/mol. The lowest BCUT2D eigenvalue weighted by atomic mass is 9.96. The lowest BCUT2D eigenvalue weighted by Gasteiger charge is -2.15. The van der Waals surface area contributed by atoms with Crippen LogP contribution in [0.15, 0.2) is 46.4 Å². The minimum absolute atomic E-state index is 0.0886. The summed E-state index contributed by atoms with van der Waals surface area (Å²) in [4.78, 5) is 14.1. The highest BCUT2D eigenvalue weighted by Gasteiger charge is 2.23. The molecule has 0 unspecified atom stereocenters. The van der Waals surface area contributed by atoms with Crippen LogP contribution in [0.25, 0.3) is 6.08 Å². The summed E-state index contributed by atoms with van der Waals surface area (Å²) in [6.07, 6.45) is 5.34. The van der Waals surface area contributed by atoms with Crippen LogP contribution in [0.2, 0.25) is 5.02 Å². The maximum atomic E-state index is 13.0. The molecule has 1 heterocycles. The van der Waals surface area contributed by atoms with Crippen LogP contribution >= 0.6 is 38.9 Å². The molecule has 9 heteroatoms. The van der Waals surface area contributed by atoms with Crippen molar-refractivity contribution in [2.75, 3.05) is 11.9 Å². The number of nitrogens with zero attached hydrogens (tertiary/aromatic N) is 2. The second kappa shape index (κ2) is 12.3. The third kappa shape index (κ3) is 6.17. The topological polar surface area (TPSA) is 95.1 Å². The molecule has 6 nitrogen and oxygen atoms in total. The van der Waals surface area contributed by atoms with Crippen LogP contribution in [0.3, 0.4) is 0 Å². The molecule has 1 aliphatic carbocycles. The summed E-state index contributed by atoms with van der Waals surface area (Å²) in [6, 6.07) is 15.1. The van der Waals surface area contributed by atoms with Crippen LogP contribution in [-0.4, -0.2) is 12.5 Å². The number of hydrogen-bond donors (Lipinski definition) is 1.